The number of benzene rings is 1. The molecule has 0 aliphatic heterocycles. The van der Waals surface area contributed by atoms with Crippen LogP contribution in [0.15, 0.2) is 22.7 Å². The Morgan fingerprint density at radius 1 is 1.43 bits per heavy atom. The highest BCUT2D eigenvalue weighted by Gasteiger charge is 2.18. The van der Waals surface area contributed by atoms with Gasteiger partial charge in [-0.1, -0.05) is 13.0 Å². The van der Waals surface area contributed by atoms with Gasteiger partial charge in [0.2, 0.25) is 5.91 Å². The van der Waals surface area contributed by atoms with Gasteiger partial charge in [0.1, 0.15) is 0 Å². The maximum absolute atomic E-state index is 12.1. The third kappa shape index (κ3) is 5.85. The van der Waals surface area contributed by atoms with Gasteiger partial charge in [-0.05, 0) is 54.0 Å². The predicted molar refractivity (Wildman–Crippen MR) is 86.5 cm³/mol. The third-order valence-corrected chi connectivity index (χ3v) is 3.90. The number of nitrogens with one attached hydrogen (secondary N) is 1. The zero-order chi connectivity index (χ0) is 16.0. The molecular weight excluding hydrogens is 336 g/mol. The molecule has 1 aromatic rings. The molecule has 6 heteroatoms. The maximum atomic E-state index is 12.1. The molecule has 0 radical (unpaired) electrons. The SMILES string of the molecule is CCN(CC(=O)Nc1ccc(C)cc1Br)C(C)CC(=O)O. The molecule has 2 N–H and O–H groups in total. The van der Waals surface area contributed by atoms with Crippen LogP contribution in [0.25, 0.3) is 0 Å². The third-order valence-electron chi connectivity index (χ3n) is 3.24. The van der Waals surface area contributed by atoms with E-state index in [1.807, 2.05) is 43.9 Å². The second kappa shape index (κ2) is 8.14. The van der Waals surface area contributed by atoms with Gasteiger partial charge < -0.3 is 10.4 Å². The molecule has 0 heterocycles. The lowest BCUT2D eigenvalue weighted by molar-refractivity contribution is -0.138. The molecule has 0 bridgehead atoms. The minimum Gasteiger partial charge on any atom is -0.481 e. The lowest BCUT2D eigenvalue weighted by atomic mass is 10.2. The van der Waals surface area contributed by atoms with E-state index in [-0.39, 0.29) is 24.9 Å². The molecule has 1 atom stereocenters. The number of amides is 1. The topological polar surface area (TPSA) is 69.6 Å². The molecule has 0 fully saturated rings. The van der Waals surface area contributed by atoms with Crippen LogP contribution in [0.1, 0.15) is 25.8 Å². The number of carboxylic acids is 1. The standard InChI is InChI=1S/C15H21BrN2O3/c1-4-18(11(3)8-15(20)21)9-14(19)17-13-6-5-10(2)7-12(13)16/h5-7,11H,4,8-9H2,1-3H3,(H,17,19)(H,20,21). The average molecular weight is 357 g/mol. The van der Waals surface area contributed by atoms with Crippen LogP contribution in [0, 0.1) is 6.92 Å². The molecule has 5 nitrogen and oxygen atoms in total. The van der Waals surface area contributed by atoms with Gasteiger partial charge >= 0.3 is 5.97 Å². The summed E-state index contributed by atoms with van der Waals surface area (Å²) < 4.78 is 0.831. The number of aryl methyl sites for hydroxylation is 1. The Labute approximate surface area is 133 Å². The number of hydrogen-bond donors (Lipinski definition) is 2. The molecule has 1 unspecified atom stereocenters. The van der Waals surface area contributed by atoms with Crippen molar-refractivity contribution in [2.45, 2.75) is 33.2 Å². The van der Waals surface area contributed by atoms with Crippen LogP contribution in [0.2, 0.25) is 0 Å². The molecule has 1 amide bonds. The molecule has 0 aromatic heterocycles. The number of anilines is 1. The fraction of sp³-hybridized carbons (Fsp3) is 0.467. The number of hydrogen-bond acceptors (Lipinski definition) is 3. The minimum atomic E-state index is -0.859. The Bertz CT molecular complexity index is 520. The van der Waals surface area contributed by atoms with Crippen LogP contribution in [-0.4, -0.2) is 41.0 Å². The molecule has 1 aromatic carbocycles. The molecular formula is C15H21BrN2O3. The highest BCUT2D eigenvalue weighted by Crippen LogP contribution is 2.23. The molecule has 0 saturated carbocycles. The molecule has 0 saturated heterocycles. The lowest BCUT2D eigenvalue weighted by Crippen LogP contribution is -2.40. The van der Waals surface area contributed by atoms with Gasteiger partial charge in [-0.15, -0.1) is 0 Å². The number of nitrogens with zero attached hydrogens (tertiary/aromatic N) is 1. The summed E-state index contributed by atoms with van der Waals surface area (Å²) in [5, 5.41) is 11.7. The Balaban J connectivity index is 2.64. The van der Waals surface area contributed by atoms with Crippen LogP contribution in [0.5, 0.6) is 0 Å². The number of aliphatic carboxylic acids is 1. The zero-order valence-electron chi connectivity index (χ0n) is 12.5. The van der Waals surface area contributed by atoms with Crippen molar-refractivity contribution < 1.29 is 14.7 Å². The van der Waals surface area contributed by atoms with E-state index >= 15 is 0 Å². The highest BCUT2D eigenvalue weighted by atomic mass is 79.9. The van der Waals surface area contributed by atoms with Crippen LogP contribution in [0.4, 0.5) is 5.69 Å². The highest BCUT2D eigenvalue weighted by molar-refractivity contribution is 9.10. The summed E-state index contributed by atoms with van der Waals surface area (Å²) in [7, 11) is 0. The summed E-state index contributed by atoms with van der Waals surface area (Å²) in [4.78, 5) is 24.7. The summed E-state index contributed by atoms with van der Waals surface area (Å²) >= 11 is 3.41. The van der Waals surface area contributed by atoms with E-state index in [4.69, 9.17) is 5.11 Å². The van der Waals surface area contributed by atoms with Crippen molar-refractivity contribution in [3.63, 3.8) is 0 Å². The van der Waals surface area contributed by atoms with E-state index in [1.54, 1.807) is 0 Å². The zero-order valence-corrected chi connectivity index (χ0v) is 14.1. The lowest BCUT2D eigenvalue weighted by Gasteiger charge is -2.26. The van der Waals surface area contributed by atoms with Crippen molar-refractivity contribution in [1.29, 1.82) is 0 Å². The van der Waals surface area contributed by atoms with E-state index < -0.39 is 5.97 Å². The van der Waals surface area contributed by atoms with Crippen LogP contribution >= 0.6 is 15.9 Å². The normalized spacial score (nSPS) is 12.2. The van der Waals surface area contributed by atoms with Gasteiger partial charge in [-0.2, -0.15) is 0 Å². The number of halogens is 1. The average Bonchev–Trinajstić information content (AvgIpc) is 2.38. The van der Waals surface area contributed by atoms with Gasteiger partial charge in [0, 0.05) is 10.5 Å². The maximum Gasteiger partial charge on any atom is 0.304 e. The minimum absolute atomic E-state index is 0.0232. The monoisotopic (exact) mass is 356 g/mol. The van der Waals surface area contributed by atoms with Crippen molar-refractivity contribution >= 4 is 33.5 Å². The van der Waals surface area contributed by atoms with Gasteiger partial charge in [0.15, 0.2) is 0 Å². The molecule has 0 aliphatic carbocycles. The summed E-state index contributed by atoms with van der Waals surface area (Å²) in [5.41, 5.74) is 1.82. The summed E-state index contributed by atoms with van der Waals surface area (Å²) in [6.45, 7) is 6.49. The smallest absolute Gasteiger partial charge is 0.304 e. The molecule has 21 heavy (non-hydrogen) atoms. The van der Waals surface area contributed by atoms with Gasteiger partial charge in [-0.25, -0.2) is 0 Å². The predicted octanol–water partition coefficient (Wildman–Crippen LogP) is 2.88. The first-order valence-corrected chi connectivity index (χ1v) is 7.64. The van der Waals surface area contributed by atoms with Crippen molar-refractivity contribution in [2.75, 3.05) is 18.4 Å². The van der Waals surface area contributed by atoms with E-state index in [0.29, 0.717) is 12.2 Å². The Morgan fingerprint density at radius 2 is 2.10 bits per heavy atom. The number of carbonyl (C=O) groups is 2. The largest absolute Gasteiger partial charge is 0.481 e. The van der Waals surface area contributed by atoms with E-state index in [0.717, 1.165) is 10.0 Å². The van der Waals surface area contributed by atoms with Gasteiger partial charge in [0.25, 0.3) is 0 Å². The Morgan fingerprint density at radius 3 is 2.62 bits per heavy atom. The molecule has 1 rings (SSSR count). The molecule has 0 aliphatic rings. The summed E-state index contributed by atoms with van der Waals surface area (Å²) in [5.74, 6) is -1.01. The van der Waals surface area contributed by atoms with Gasteiger partial charge in [-0.3, -0.25) is 14.5 Å². The van der Waals surface area contributed by atoms with E-state index in [9.17, 15) is 9.59 Å². The van der Waals surface area contributed by atoms with E-state index in [2.05, 4.69) is 21.2 Å². The summed E-state index contributed by atoms with van der Waals surface area (Å²) in [6, 6.07) is 5.51. The quantitative estimate of drug-likeness (QED) is 0.787. The van der Waals surface area contributed by atoms with Crippen molar-refractivity contribution in [3.8, 4) is 0 Å². The molecule has 0 spiro atoms. The number of carboxylic acid groups (broad SMARTS) is 1. The fourth-order valence-corrected chi connectivity index (χ4v) is 2.65. The van der Waals surface area contributed by atoms with Gasteiger partial charge in [0.05, 0.1) is 18.7 Å². The fourth-order valence-electron chi connectivity index (χ4n) is 2.06. The number of rotatable bonds is 7. The number of likely N-dealkylation sites (N-methyl/N-ethyl adjacent to an activating group) is 1. The van der Waals surface area contributed by atoms with Crippen molar-refractivity contribution in [3.05, 3.63) is 28.2 Å². The first-order chi connectivity index (χ1) is 9.83. The first-order valence-electron chi connectivity index (χ1n) is 6.85. The van der Waals surface area contributed by atoms with Crippen molar-refractivity contribution in [1.82, 2.24) is 4.90 Å². The van der Waals surface area contributed by atoms with Crippen molar-refractivity contribution in [2.24, 2.45) is 0 Å². The Kier molecular flexibility index (Phi) is 6.84. The number of carbonyl (C=O) groups excluding carboxylic acids is 1. The van der Waals surface area contributed by atoms with E-state index in [1.165, 1.54) is 0 Å². The summed E-state index contributed by atoms with van der Waals surface area (Å²) in [6.07, 6.45) is 0.0232. The second-order valence-corrected chi connectivity index (χ2v) is 5.90. The second-order valence-electron chi connectivity index (χ2n) is 5.04. The van der Waals surface area contributed by atoms with Crippen LogP contribution in [-0.2, 0) is 9.59 Å². The van der Waals surface area contributed by atoms with Crippen LogP contribution < -0.4 is 5.32 Å². The first kappa shape index (κ1) is 17.7. The van der Waals surface area contributed by atoms with Crippen LogP contribution in [0.3, 0.4) is 0 Å². The molecule has 116 valence electrons. The Hall–Kier alpha value is -1.40.